The molecule has 1 saturated heterocycles. The molecule has 0 saturated carbocycles. The summed E-state index contributed by atoms with van der Waals surface area (Å²) >= 11 is 6.37. The molecule has 2 N–H and O–H groups in total. The molecule has 0 atom stereocenters. The van der Waals surface area contributed by atoms with Gasteiger partial charge in [0.2, 0.25) is 0 Å². The third kappa shape index (κ3) is 4.82. The largest absolute Gasteiger partial charge is 0.381 e. The zero-order valence-electron chi connectivity index (χ0n) is 15.9. The predicted octanol–water partition coefficient (Wildman–Crippen LogP) is 3.35. The van der Waals surface area contributed by atoms with Crippen LogP contribution in [0.1, 0.15) is 41.5 Å². The lowest BCUT2D eigenvalue weighted by Gasteiger charge is -2.36. The molecule has 7 heteroatoms. The Labute approximate surface area is 165 Å². The highest BCUT2D eigenvalue weighted by molar-refractivity contribution is 6.31. The number of nitrogens with zero attached hydrogens (tertiary/aromatic N) is 2. The summed E-state index contributed by atoms with van der Waals surface area (Å²) < 4.78 is 5.50. The summed E-state index contributed by atoms with van der Waals surface area (Å²) in [5.74, 6) is 0.751. The first-order chi connectivity index (χ1) is 13.1. The van der Waals surface area contributed by atoms with Crippen LogP contribution in [0, 0.1) is 6.92 Å². The molecule has 2 heterocycles. The van der Waals surface area contributed by atoms with Crippen LogP contribution in [0.3, 0.4) is 0 Å². The molecular weight excluding hydrogens is 364 g/mol. The Balaban J connectivity index is 1.76. The number of aromatic nitrogens is 2. The minimum atomic E-state index is -0.106. The van der Waals surface area contributed by atoms with Gasteiger partial charge in [-0.05, 0) is 44.4 Å². The van der Waals surface area contributed by atoms with Gasteiger partial charge in [0.25, 0.3) is 5.91 Å². The molecular formula is C20H27ClN4O2. The number of H-pyrrole nitrogens is 1. The topological polar surface area (TPSA) is 70.2 Å². The van der Waals surface area contributed by atoms with Gasteiger partial charge in [0.05, 0.1) is 0 Å². The Bertz CT molecular complexity index is 758. The summed E-state index contributed by atoms with van der Waals surface area (Å²) in [6.45, 7) is 7.08. The van der Waals surface area contributed by atoms with Gasteiger partial charge in [-0.2, -0.15) is 0 Å². The van der Waals surface area contributed by atoms with Crippen molar-refractivity contribution in [1.82, 2.24) is 15.3 Å². The third-order valence-electron chi connectivity index (χ3n) is 5.07. The van der Waals surface area contributed by atoms with E-state index in [-0.39, 0.29) is 5.91 Å². The van der Waals surface area contributed by atoms with E-state index in [1.165, 1.54) is 0 Å². The second-order valence-corrected chi connectivity index (χ2v) is 7.21. The average Bonchev–Trinajstić information content (AvgIpc) is 3.19. The summed E-state index contributed by atoms with van der Waals surface area (Å²) in [5.41, 5.74) is 2.62. The first-order valence-corrected chi connectivity index (χ1v) is 9.89. The van der Waals surface area contributed by atoms with Gasteiger partial charge >= 0.3 is 0 Å². The smallest absolute Gasteiger partial charge is 0.251 e. The van der Waals surface area contributed by atoms with Crippen LogP contribution in [0.5, 0.6) is 0 Å². The maximum atomic E-state index is 12.7. The van der Waals surface area contributed by atoms with Crippen LogP contribution in [0.4, 0.5) is 5.69 Å². The van der Waals surface area contributed by atoms with Crippen molar-refractivity contribution in [2.24, 2.45) is 0 Å². The quantitative estimate of drug-likeness (QED) is 0.760. The standard InChI is InChI=1S/C20H27ClN4O2/c1-3-25(16-5-10-27-11-6-16)18-13-15(21)12-17(14(18)2)20(26)24-7-4-19-22-8-9-23-19/h8-9,12-13,16H,3-7,10-11H2,1-2H3,(H,22,23)(H,24,26). The van der Waals surface area contributed by atoms with Gasteiger partial charge in [-0.3, -0.25) is 4.79 Å². The lowest BCUT2D eigenvalue weighted by Crippen LogP contribution is -2.40. The summed E-state index contributed by atoms with van der Waals surface area (Å²) in [6.07, 6.45) is 6.13. The van der Waals surface area contributed by atoms with Crippen LogP contribution in [0.2, 0.25) is 5.02 Å². The van der Waals surface area contributed by atoms with E-state index in [4.69, 9.17) is 16.3 Å². The summed E-state index contributed by atoms with van der Waals surface area (Å²) in [7, 11) is 0. The van der Waals surface area contributed by atoms with E-state index < -0.39 is 0 Å². The summed E-state index contributed by atoms with van der Waals surface area (Å²) in [4.78, 5) is 22.3. The van der Waals surface area contributed by atoms with Crippen molar-refractivity contribution in [3.8, 4) is 0 Å². The number of anilines is 1. The van der Waals surface area contributed by atoms with Crippen LogP contribution < -0.4 is 10.2 Å². The van der Waals surface area contributed by atoms with Gasteiger partial charge < -0.3 is 19.9 Å². The zero-order chi connectivity index (χ0) is 19.2. The molecule has 1 aliphatic heterocycles. The number of carbonyl (C=O) groups excluding carboxylic acids is 1. The SMILES string of the molecule is CCN(c1cc(Cl)cc(C(=O)NCCc2ncc[nH]2)c1C)C1CCOCC1. The fourth-order valence-electron chi connectivity index (χ4n) is 3.65. The van der Waals surface area contributed by atoms with E-state index in [1.54, 1.807) is 18.5 Å². The van der Waals surface area contributed by atoms with Crippen LogP contribution in [-0.2, 0) is 11.2 Å². The lowest BCUT2D eigenvalue weighted by atomic mass is 10.0. The van der Waals surface area contributed by atoms with E-state index in [0.29, 0.717) is 29.6 Å². The second kappa shape index (κ2) is 9.24. The van der Waals surface area contributed by atoms with E-state index >= 15 is 0 Å². The molecule has 146 valence electrons. The van der Waals surface area contributed by atoms with E-state index in [1.807, 2.05) is 13.0 Å². The van der Waals surface area contributed by atoms with Gasteiger partial charge in [0.1, 0.15) is 5.82 Å². The van der Waals surface area contributed by atoms with Crippen molar-refractivity contribution in [3.05, 3.63) is 46.5 Å². The van der Waals surface area contributed by atoms with Gasteiger partial charge in [0.15, 0.2) is 0 Å². The predicted molar refractivity (Wildman–Crippen MR) is 108 cm³/mol. The Morgan fingerprint density at radius 2 is 2.19 bits per heavy atom. The van der Waals surface area contributed by atoms with E-state index in [0.717, 1.165) is 49.7 Å². The molecule has 6 nitrogen and oxygen atoms in total. The van der Waals surface area contributed by atoms with Crippen molar-refractivity contribution in [2.45, 2.75) is 39.2 Å². The number of imidazole rings is 1. The number of benzene rings is 1. The first-order valence-electron chi connectivity index (χ1n) is 9.51. The van der Waals surface area contributed by atoms with E-state index in [9.17, 15) is 4.79 Å². The van der Waals surface area contributed by atoms with Crippen molar-refractivity contribution in [3.63, 3.8) is 0 Å². The number of ether oxygens (including phenoxy) is 1. The van der Waals surface area contributed by atoms with Crippen LogP contribution in [-0.4, -0.2) is 48.2 Å². The molecule has 1 aromatic heterocycles. The number of rotatable bonds is 7. The van der Waals surface area contributed by atoms with Crippen molar-refractivity contribution < 1.29 is 9.53 Å². The monoisotopic (exact) mass is 390 g/mol. The molecule has 0 radical (unpaired) electrons. The Morgan fingerprint density at radius 3 is 2.85 bits per heavy atom. The maximum absolute atomic E-state index is 12.7. The molecule has 3 rings (SSSR count). The molecule has 0 aliphatic carbocycles. The lowest BCUT2D eigenvalue weighted by molar-refractivity contribution is 0.0846. The molecule has 0 unspecified atom stereocenters. The number of nitrogens with one attached hydrogen (secondary N) is 2. The van der Waals surface area contributed by atoms with Crippen molar-refractivity contribution in [1.29, 1.82) is 0 Å². The Morgan fingerprint density at radius 1 is 1.41 bits per heavy atom. The molecule has 2 aromatic rings. The molecule has 0 bridgehead atoms. The van der Waals surface area contributed by atoms with Crippen molar-refractivity contribution >= 4 is 23.2 Å². The van der Waals surface area contributed by atoms with Crippen LogP contribution >= 0.6 is 11.6 Å². The molecule has 1 fully saturated rings. The highest BCUT2D eigenvalue weighted by Gasteiger charge is 2.24. The number of carbonyl (C=O) groups is 1. The van der Waals surface area contributed by atoms with Crippen molar-refractivity contribution in [2.75, 3.05) is 31.2 Å². The number of halogens is 1. The number of amides is 1. The molecule has 1 aliphatic rings. The zero-order valence-corrected chi connectivity index (χ0v) is 16.7. The van der Waals surface area contributed by atoms with Crippen LogP contribution in [0.25, 0.3) is 0 Å². The van der Waals surface area contributed by atoms with Gasteiger partial charge in [-0.15, -0.1) is 0 Å². The molecule has 27 heavy (non-hydrogen) atoms. The van der Waals surface area contributed by atoms with Gasteiger partial charge in [-0.25, -0.2) is 4.98 Å². The molecule has 1 aromatic carbocycles. The normalized spacial score (nSPS) is 14.9. The number of aromatic amines is 1. The van der Waals surface area contributed by atoms with Crippen LogP contribution in [0.15, 0.2) is 24.5 Å². The highest BCUT2D eigenvalue weighted by Crippen LogP contribution is 2.31. The Kier molecular flexibility index (Phi) is 6.74. The average molecular weight is 391 g/mol. The fraction of sp³-hybridized carbons (Fsp3) is 0.500. The second-order valence-electron chi connectivity index (χ2n) is 6.77. The summed E-state index contributed by atoms with van der Waals surface area (Å²) in [5, 5.41) is 3.55. The number of hydrogen-bond donors (Lipinski definition) is 2. The first kappa shape index (κ1) is 19.7. The summed E-state index contributed by atoms with van der Waals surface area (Å²) in [6, 6.07) is 4.13. The Hall–Kier alpha value is -2.05. The minimum Gasteiger partial charge on any atom is -0.381 e. The number of hydrogen-bond acceptors (Lipinski definition) is 4. The van der Waals surface area contributed by atoms with E-state index in [2.05, 4.69) is 27.1 Å². The van der Waals surface area contributed by atoms with Gasteiger partial charge in [0, 0.05) is 67.4 Å². The highest BCUT2D eigenvalue weighted by atomic mass is 35.5. The fourth-order valence-corrected chi connectivity index (χ4v) is 3.86. The van der Waals surface area contributed by atoms with Gasteiger partial charge in [-0.1, -0.05) is 11.6 Å². The maximum Gasteiger partial charge on any atom is 0.251 e. The third-order valence-corrected chi connectivity index (χ3v) is 5.29. The molecule has 0 spiro atoms. The molecule has 1 amide bonds. The minimum absolute atomic E-state index is 0.106.